The minimum Gasteiger partial charge on any atom is -0.494 e. The van der Waals surface area contributed by atoms with E-state index in [1.165, 1.54) is 0 Å². The van der Waals surface area contributed by atoms with Gasteiger partial charge in [-0.25, -0.2) is 4.99 Å². The maximum Gasteiger partial charge on any atom is 0.252 e. The number of benzene rings is 3. The van der Waals surface area contributed by atoms with Crippen LogP contribution in [0.25, 0.3) is 20.9 Å². The van der Waals surface area contributed by atoms with Gasteiger partial charge in [0.25, 0.3) is 5.91 Å². The van der Waals surface area contributed by atoms with Gasteiger partial charge in [0.1, 0.15) is 5.75 Å². The van der Waals surface area contributed by atoms with Crippen molar-refractivity contribution in [3.8, 4) is 5.75 Å². The number of aliphatic imine (C=N–C) groups is 1. The molecule has 1 heterocycles. The molecule has 14 nitrogen and oxygen atoms in total. The van der Waals surface area contributed by atoms with E-state index in [4.69, 9.17) is 30.6 Å². The van der Waals surface area contributed by atoms with Crippen molar-refractivity contribution in [3.05, 3.63) is 121 Å². The lowest BCUT2D eigenvalue weighted by atomic mass is 9.79. The first-order valence-electron chi connectivity index (χ1n) is 14.3. The van der Waals surface area contributed by atoms with Crippen molar-refractivity contribution in [2.45, 2.75) is 43.7 Å². The second kappa shape index (κ2) is 16.1. The number of amides is 1. The SMILES string of the molecule is [N-]=[N+]=NCc1ccccc1C[C@@]1(C(=O)NCC(O)CO)N=C(c2ccc(OCCCO)cc2)O[C@@H]1c1ccccc1CN=[N+]=[N-]. The van der Waals surface area contributed by atoms with E-state index in [-0.39, 0.29) is 38.6 Å². The Bertz CT molecular complexity index is 1590. The zero-order valence-electron chi connectivity index (χ0n) is 24.4. The number of carbonyl (C=O) groups is 1. The summed E-state index contributed by atoms with van der Waals surface area (Å²) >= 11 is 0. The van der Waals surface area contributed by atoms with Gasteiger partial charge in [-0.1, -0.05) is 58.8 Å². The molecule has 1 amide bonds. The Morgan fingerprint density at radius 3 is 2.29 bits per heavy atom. The molecule has 0 saturated carbocycles. The van der Waals surface area contributed by atoms with Crippen LogP contribution in [0.4, 0.5) is 0 Å². The van der Waals surface area contributed by atoms with Crippen molar-refractivity contribution >= 4 is 11.8 Å². The number of carbonyl (C=O) groups excluding carboxylic acids is 1. The predicted octanol–water partition coefficient (Wildman–Crippen LogP) is 4.04. The summed E-state index contributed by atoms with van der Waals surface area (Å²) in [5, 5.41) is 38.7. The van der Waals surface area contributed by atoms with Crippen LogP contribution in [0.15, 0.2) is 88.0 Å². The summed E-state index contributed by atoms with van der Waals surface area (Å²) in [7, 11) is 0. The van der Waals surface area contributed by atoms with Crippen molar-refractivity contribution in [2.24, 2.45) is 15.2 Å². The van der Waals surface area contributed by atoms with Crippen molar-refractivity contribution in [1.82, 2.24) is 5.32 Å². The summed E-state index contributed by atoms with van der Waals surface area (Å²) in [6.07, 6.45) is -1.73. The van der Waals surface area contributed by atoms with Crippen LogP contribution in [0.5, 0.6) is 5.75 Å². The monoisotopic (exact) mass is 614 g/mol. The van der Waals surface area contributed by atoms with Gasteiger partial charge in [0.05, 0.1) is 32.4 Å². The minimum atomic E-state index is -1.65. The van der Waals surface area contributed by atoms with E-state index < -0.39 is 30.3 Å². The minimum absolute atomic E-state index is 0.00383. The van der Waals surface area contributed by atoms with Gasteiger partial charge < -0.3 is 30.1 Å². The fourth-order valence-corrected chi connectivity index (χ4v) is 5.01. The molecule has 0 aliphatic carbocycles. The summed E-state index contributed by atoms with van der Waals surface area (Å²) in [6.45, 7) is -0.406. The summed E-state index contributed by atoms with van der Waals surface area (Å²) in [5.41, 5.74) is 19.5. The molecule has 0 radical (unpaired) electrons. The van der Waals surface area contributed by atoms with E-state index in [9.17, 15) is 15.0 Å². The van der Waals surface area contributed by atoms with Crippen molar-refractivity contribution in [1.29, 1.82) is 0 Å². The van der Waals surface area contributed by atoms with Gasteiger partial charge in [-0.05, 0) is 57.6 Å². The lowest BCUT2D eigenvalue weighted by Gasteiger charge is -2.32. The molecule has 234 valence electrons. The zero-order chi connectivity index (χ0) is 32.1. The average molecular weight is 615 g/mol. The van der Waals surface area contributed by atoms with Gasteiger partial charge in [0.15, 0.2) is 11.6 Å². The topological polar surface area (TPSA) is 218 Å². The highest BCUT2D eigenvalue weighted by molar-refractivity contribution is 6.01. The molecule has 3 aromatic rings. The molecule has 0 bridgehead atoms. The predicted molar refractivity (Wildman–Crippen MR) is 165 cm³/mol. The van der Waals surface area contributed by atoms with Crippen LogP contribution in [0.3, 0.4) is 0 Å². The number of nitrogens with zero attached hydrogens (tertiary/aromatic N) is 7. The molecule has 4 rings (SSSR count). The molecule has 1 unspecified atom stereocenters. The molecule has 0 saturated heterocycles. The van der Waals surface area contributed by atoms with E-state index in [0.29, 0.717) is 46.6 Å². The molecule has 1 aliphatic heterocycles. The number of hydrogen-bond donors (Lipinski definition) is 4. The molecule has 45 heavy (non-hydrogen) atoms. The number of nitrogens with one attached hydrogen (secondary N) is 1. The fourth-order valence-electron chi connectivity index (χ4n) is 5.01. The van der Waals surface area contributed by atoms with Crippen LogP contribution in [0.1, 0.15) is 40.3 Å². The number of azide groups is 2. The third-order valence-corrected chi connectivity index (χ3v) is 7.26. The van der Waals surface area contributed by atoms with E-state index in [2.05, 4.69) is 25.4 Å². The molecule has 0 aromatic heterocycles. The zero-order valence-corrected chi connectivity index (χ0v) is 24.4. The largest absolute Gasteiger partial charge is 0.494 e. The van der Waals surface area contributed by atoms with Crippen LogP contribution >= 0.6 is 0 Å². The Hall–Kier alpha value is -5.10. The maximum atomic E-state index is 14.3. The summed E-state index contributed by atoms with van der Waals surface area (Å²) in [4.78, 5) is 25.0. The Morgan fingerprint density at radius 2 is 1.62 bits per heavy atom. The number of ether oxygens (including phenoxy) is 2. The summed E-state index contributed by atoms with van der Waals surface area (Å²) in [5.74, 6) is 0.179. The second-order valence-corrected chi connectivity index (χ2v) is 10.3. The first-order chi connectivity index (χ1) is 21.9. The van der Waals surface area contributed by atoms with E-state index >= 15 is 0 Å². The van der Waals surface area contributed by atoms with Crippen LogP contribution in [-0.4, -0.2) is 65.1 Å². The van der Waals surface area contributed by atoms with Gasteiger partial charge in [0.2, 0.25) is 5.90 Å². The molecule has 0 spiro atoms. The van der Waals surface area contributed by atoms with Gasteiger partial charge in [0, 0.05) is 41.4 Å². The second-order valence-electron chi connectivity index (χ2n) is 10.3. The molecule has 0 fully saturated rings. The molecule has 3 atom stereocenters. The third kappa shape index (κ3) is 8.09. The van der Waals surface area contributed by atoms with Crippen LogP contribution in [-0.2, 0) is 29.0 Å². The van der Waals surface area contributed by atoms with Crippen molar-refractivity contribution in [3.63, 3.8) is 0 Å². The van der Waals surface area contributed by atoms with Gasteiger partial charge >= 0.3 is 0 Å². The number of aliphatic hydroxyl groups excluding tert-OH is 3. The smallest absolute Gasteiger partial charge is 0.252 e. The Kier molecular flexibility index (Phi) is 11.7. The van der Waals surface area contributed by atoms with E-state index in [1.807, 2.05) is 6.07 Å². The maximum absolute atomic E-state index is 14.3. The summed E-state index contributed by atoms with van der Waals surface area (Å²) < 4.78 is 12.2. The highest BCUT2D eigenvalue weighted by Gasteiger charge is 2.54. The molecule has 1 aliphatic rings. The van der Waals surface area contributed by atoms with E-state index in [0.717, 1.165) is 0 Å². The van der Waals surface area contributed by atoms with Gasteiger partial charge in [-0.3, -0.25) is 4.79 Å². The van der Waals surface area contributed by atoms with Gasteiger partial charge in [-0.2, -0.15) is 0 Å². The highest BCUT2D eigenvalue weighted by atomic mass is 16.5. The van der Waals surface area contributed by atoms with Crippen molar-refractivity contribution < 1.29 is 29.6 Å². The number of hydrogen-bond acceptors (Lipinski definition) is 9. The third-order valence-electron chi connectivity index (χ3n) is 7.26. The Balaban J connectivity index is 1.87. The van der Waals surface area contributed by atoms with Crippen LogP contribution in [0, 0.1) is 0 Å². The normalized spacial score (nSPS) is 17.7. The van der Waals surface area contributed by atoms with Crippen molar-refractivity contribution in [2.75, 3.05) is 26.4 Å². The highest BCUT2D eigenvalue weighted by Crippen LogP contribution is 2.44. The Morgan fingerprint density at radius 1 is 0.978 bits per heavy atom. The van der Waals surface area contributed by atoms with Gasteiger partial charge in [-0.15, -0.1) is 0 Å². The fraction of sp³-hybridized carbons (Fsp3) is 0.355. The molecule has 14 heteroatoms. The standard InChI is InChI=1S/C31H34N8O6/c32-38-35-17-23-7-2-1-6-22(23)16-31(30(43)34-19-25(42)20-41)28(27-9-4-3-8-24(27)18-36-39-33)45-29(37-31)21-10-12-26(13-11-21)44-15-5-14-40/h1-4,6-13,25,28,40-42H,5,14-20H2,(H,34,43)/t25?,28-,31-/m1/s1. The van der Waals surface area contributed by atoms with E-state index in [1.54, 1.807) is 66.7 Å². The first-order valence-corrected chi connectivity index (χ1v) is 14.3. The lowest BCUT2D eigenvalue weighted by molar-refractivity contribution is -0.129. The molecular weight excluding hydrogens is 580 g/mol. The number of rotatable bonds is 16. The quantitative estimate of drug-likeness (QED) is 0.0807. The molecule has 4 N–H and O–H groups in total. The summed E-state index contributed by atoms with van der Waals surface area (Å²) in [6, 6.07) is 21.3. The van der Waals surface area contributed by atoms with Crippen LogP contribution < -0.4 is 10.1 Å². The molecular formula is C31H34N8O6. The lowest BCUT2D eigenvalue weighted by Crippen LogP contribution is -2.52. The Labute approximate surface area is 259 Å². The molecule has 3 aromatic carbocycles. The average Bonchev–Trinajstić information content (AvgIpc) is 3.46. The first kappa shape index (κ1) is 32.8. The number of aliphatic hydroxyl groups is 3. The van der Waals surface area contributed by atoms with Crippen LogP contribution in [0.2, 0.25) is 0 Å².